The van der Waals surface area contributed by atoms with Crippen molar-refractivity contribution >= 4 is 17.6 Å². The second-order valence-corrected chi connectivity index (χ2v) is 3.98. The van der Waals surface area contributed by atoms with Gasteiger partial charge in [-0.1, -0.05) is 11.6 Å². The number of rotatable bonds is 3. The first kappa shape index (κ1) is 13.4. The molecule has 1 aromatic heterocycles. The molecule has 1 aromatic carbocycles. The van der Waals surface area contributed by atoms with Gasteiger partial charge in [0, 0.05) is 11.8 Å². The quantitative estimate of drug-likeness (QED) is 0.640. The van der Waals surface area contributed by atoms with E-state index in [2.05, 4.69) is 9.97 Å². The van der Waals surface area contributed by atoms with Gasteiger partial charge in [-0.2, -0.15) is 0 Å². The highest BCUT2D eigenvalue weighted by Gasteiger charge is 2.14. The van der Waals surface area contributed by atoms with E-state index in [4.69, 9.17) is 16.3 Å². The molecule has 0 aliphatic heterocycles. The molecule has 0 unspecified atom stereocenters. The number of aromatic nitrogens is 2. The van der Waals surface area contributed by atoms with Crippen LogP contribution in [-0.2, 0) is 4.74 Å². The molecule has 6 heteroatoms. The molecule has 0 spiro atoms. The maximum Gasteiger partial charge on any atom is 0.342 e. The average Bonchev–Trinajstić information content (AvgIpc) is 2.39. The number of nitrogens with zero attached hydrogens (tertiary/aromatic N) is 2. The lowest BCUT2D eigenvalue weighted by molar-refractivity contribution is 0.0525. The summed E-state index contributed by atoms with van der Waals surface area (Å²) in [6, 6.07) is 5.66. The Balaban J connectivity index is 2.33. The first-order valence-electron chi connectivity index (χ1n) is 5.57. The van der Waals surface area contributed by atoms with E-state index in [0.29, 0.717) is 11.4 Å². The van der Waals surface area contributed by atoms with Crippen LogP contribution in [0.5, 0.6) is 0 Å². The van der Waals surface area contributed by atoms with Crippen LogP contribution in [0.25, 0.3) is 11.4 Å². The van der Waals surface area contributed by atoms with Crippen molar-refractivity contribution in [3.8, 4) is 11.4 Å². The maximum absolute atomic E-state index is 12.8. The molecule has 0 aliphatic rings. The normalized spacial score (nSPS) is 10.3. The van der Waals surface area contributed by atoms with Gasteiger partial charge in [0.2, 0.25) is 0 Å². The van der Waals surface area contributed by atoms with Crippen LogP contribution >= 0.6 is 11.6 Å². The van der Waals surface area contributed by atoms with Crippen LogP contribution in [-0.4, -0.2) is 22.5 Å². The number of esters is 1. The molecule has 2 rings (SSSR count). The molecule has 0 aliphatic carbocycles. The lowest BCUT2D eigenvalue weighted by Crippen LogP contribution is -2.07. The van der Waals surface area contributed by atoms with Gasteiger partial charge < -0.3 is 4.74 Å². The summed E-state index contributed by atoms with van der Waals surface area (Å²) in [5, 5.41) is 0.00720. The van der Waals surface area contributed by atoms with Crippen LogP contribution in [0.4, 0.5) is 4.39 Å². The highest BCUT2D eigenvalue weighted by atomic mass is 35.5. The Kier molecular flexibility index (Phi) is 4.06. The smallest absolute Gasteiger partial charge is 0.342 e. The van der Waals surface area contributed by atoms with Gasteiger partial charge in [-0.3, -0.25) is 0 Å². The van der Waals surface area contributed by atoms with E-state index >= 15 is 0 Å². The van der Waals surface area contributed by atoms with E-state index in [1.165, 1.54) is 30.5 Å². The number of carbonyl (C=O) groups is 1. The van der Waals surface area contributed by atoms with Crippen molar-refractivity contribution in [3.05, 3.63) is 47.0 Å². The number of benzene rings is 1. The summed E-state index contributed by atoms with van der Waals surface area (Å²) in [7, 11) is 0. The van der Waals surface area contributed by atoms with Gasteiger partial charge in [0.15, 0.2) is 5.82 Å². The maximum atomic E-state index is 12.8. The van der Waals surface area contributed by atoms with Gasteiger partial charge in [0.05, 0.1) is 6.61 Å². The van der Waals surface area contributed by atoms with E-state index < -0.39 is 5.97 Å². The molecule has 2 aromatic rings. The number of hydrogen-bond acceptors (Lipinski definition) is 4. The minimum atomic E-state index is -0.571. The van der Waals surface area contributed by atoms with Crippen LogP contribution in [0.1, 0.15) is 17.3 Å². The number of ether oxygens (including phenoxy) is 1. The Morgan fingerprint density at radius 1 is 1.37 bits per heavy atom. The van der Waals surface area contributed by atoms with Gasteiger partial charge in [-0.15, -0.1) is 0 Å². The molecule has 4 nitrogen and oxygen atoms in total. The van der Waals surface area contributed by atoms with Gasteiger partial charge in [-0.25, -0.2) is 19.2 Å². The van der Waals surface area contributed by atoms with Crippen molar-refractivity contribution in [1.82, 2.24) is 9.97 Å². The Hall–Kier alpha value is -2.01. The van der Waals surface area contributed by atoms with Crippen molar-refractivity contribution < 1.29 is 13.9 Å². The monoisotopic (exact) mass is 280 g/mol. The molecule has 0 radical (unpaired) electrons. The molecule has 98 valence electrons. The van der Waals surface area contributed by atoms with E-state index in [1.807, 2.05) is 0 Å². The molecule has 1 heterocycles. The fraction of sp³-hybridized carbons (Fsp3) is 0.154. The highest BCUT2D eigenvalue weighted by Crippen LogP contribution is 2.20. The van der Waals surface area contributed by atoms with Crippen LogP contribution in [0.3, 0.4) is 0 Å². The lowest BCUT2D eigenvalue weighted by atomic mass is 10.2. The first-order valence-corrected chi connectivity index (χ1v) is 5.95. The predicted octanol–water partition coefficient (Wildman–Crippen LogP) is 3.11. The lowest BCUT2D eigenvalue weighted by Gasteiger charge is -2.05. The molecule has 0 N–H and O–H groups in total. The van der Waals surface area contributed by atoms with E-state index in [-0.39, 0.29) is 23.1 Å². The predicted molar refractivity (Wildman–Crippen MR) is 68.4 cm³/mol. The van der Waals surface area contributed by atoms with Crippen LogP contribution in [0.2, 0.25) is 5.15 Å². The van der Waals surface area contributed by atoms with E-state index in [9.17, 15) is 9.18 Å². The molecular formula is C13H10ClFN2O2. The summed E-state index contributed by atoms with van der Waals surface area (Å²) in [6.07, 6.45) is 1.30. The summed E-state index contributed by atoms with van der Waals surface area (Å²) in [5.74, 6) is -0.603. The van der Waals surface area contributed by atoms with Crippen LogP contribution in [0.15, 0.2) is 30.5 Å². The molecule has 0 saturated carbocycles. The van der Waals surface area contributed by atoms with E-state index in [0.717, 1.165) is 0 Å². The van der Waals surface area contributed by atoms with E-state index in [1.54, 1.807) is 6.92 Å². The first-order chi connectivity index (χ1) is 9.11. The fourth-order valence-corrected chi connectivity index (χ4v) is 1.65. The van der Waals surface area contributed by atoms with Gasteiger partial charge >= 0.3 is 5.97 Å². The Labute approximate surface area is 114 Å². The Morgan fingerprint density at radius 2 is 2.05 bits per heavy atom. The molecule has 0 fully saturated rings. The molecule has 0 saturated heterocycles. The van der Waals surface area contributed by atoms with Crippen molar-refractivity contribution in [1.29, 1.82) is 0 Å². The van der Waals surface area contributed by atoms with Crippen LogP contribution in [0, 0.1) is 5.82 Å². The summed E-state index contributed by atoms with van der Waals surface area (Å²) < 4.78 is 17.6. The summed E-state index contributed by atoms with van der Waals surface area (Å²) in [5.41, 5.74) is 0.716. The largest absolute Gasteiger partial charge is 0.462 e. The molecule has 0 atom stereocenters. The van der Waals surface area contributed by atoms with Crippen LogP contribution < -0.4 is 0 Å². The average molecular weight is 281 g/mol. The molecule has 0 amide bonds. The van der Waals surface area contributed by atoms with Gasteiger partial charge in [-0.05, 0) is 31.2 Å². The zero-order valence-electron chi connectivity index (χ0n) is 10.1. The summed E-state index contributed by atoms with van der Waals surface area (Å²) in [4.78, 5) is 19.6. The van der Waals surface area contributed by atoms with Crippen molar-refractivity contribution in [2.24, 2.45) is 0 Å². The van der Waals surface area contributed by atoms with Crippen molar-refractivity contribution in [3.63, 3.8) is 0 Å². The number of hydrogen-bond donors (Lipinski definition) is 0. The fourth-order valence-electron chi connectivity index (χ4n) is 1.44. The number of halogens is 2. The zero-order valence-corrected chi connectivity index (χ0v) is 10.8. The molecule has 19 heavy (non-hydrogen) atoms. The SMILES string of the molecule is CCOC(=O)c1cnc(-c2ccc(F)cc2)nc1Cl. The molecule has 0 bridgehead atoms. The minimum Gasteiger partial charge on any atom is -0.462 e. The summed E-state index contributed by atoms with van der Waals surface area (Å²) >= 11 is 5.92. The third-order valence-corrected chi connectivity index (χ3v) is 2.63. The number of carbonyl (C=O) groups excluding carboxylic acids is 1. The highest BCUT2D eigenvalue weighted by molar-refractivity contribution is 6.32. The third kappa shape index (κ3) is 3.06. The minimum absolute atomic E-state index is 0.00720. The van der Waals surface area contributed by atoms with Crippen molar-refractivity contribution in [2.75, 3.05) is 6.61 Å². The Morgan fingerprint density at radius 3 is 2.63 bits per heavy atom. The molecular weight excluding hydrogens is 271 g/mol. The zero-order chi connectivity index (χ0) is 13.8. The summed E-state index contributed by atoms with van der Waals surface area (Å²) in [6.45, 7) is 1.94. The van der Waals surface area contributed by atoms with Gasteiger partial charge in [0.25, 0.3) is 0 Å². The van der Waals surface area contributed by atoms with Gasteiger partial charge in [0.1, 0.15) is 16.5 Å². The standard InChI is InChI=1S/C13H10ClFN2O2/c1-2-19-13(18)10-7-16-12(17-11(10)14)8-3-5-9(15)6-4-8/h3-7H,2H2,1H3. The van der Waals surface area contributed by atoms with Crippen molar-refractivity contribution in [2.45, 2.75) is 6.92 Å². The topological polar surface area (TPSA) is 52.1 Å². The second-order valence-electron chi connectivity index (χ2n) is 3.63. The second kappa shape index (κ2) is 5.75. The third-order valence-electron chi connectivity index (χ3n) is 2.34. The Bertz CT molecular complexity index is 602.